The first-order valence-corrected chi connectivity index (χ1v) is 6.83. The van der Waals surface area contributed by atoms with Gasteiger partial charge in [-0.25, -0.2) is 0 Å². The van der Waals surface area contributed by atoms with Crippen LogP contribution in [0, 0.1) is 0 Å². The molecular formula is C16H24N2O2. The second-order valence-electron chi connectivity index (χ2n) is 5.69. The van der Waals surface area contributed by atoms with Gasteiger partial charge < -0.3 is 10.1 Å². The van der Waals surface area contributed by atoms with Crippen LogP contribution in [0.2, 0.25) is 0 Å². The number of carbonyl (C=O) groups is 1. The van der Waals surface area contributed by atoms with E-state index in [2.05, 4.69) is 48.0 Å². The Bertz CT molecular complexity index is 447. The molecule has 4 heteroatoms. The normalized spacial score (nSPS) is 12.1. The molecule has 0 aliphatic rings. The Morgan fingerprint density at radius 3 is 2.45 bits per heavy atom. The summed E-state index contributed by atoms with van der Waals surface area (Å²) in [6.45, 7) is 6.72. The highest BCUT2D eigenvalue weighted by molar-refractivity contribution is 5.85. The third-order valence-corrected chi connectivity index (χ3v) is 2.58. The van der Waals surface area contributed by atoms with Crippen molar-refractivity contribution in [3.8, 4) is 0 Å². The van der Waals surface area contributed by atoms with Crippen molar-refractivity contribution in [2.24, 2.45) is 4.99 Å². The first-order chi connectivity index (χ1) is 9.40. The number of benzene rings is 1. The molecule has 0 aromatic heterocycles. The van der Waals surface area contributed by atoms with Crippen LogP contribution in [0.15, 0.2) is 35.3 Å². The van der Waals surface area contributed by atoms with E-state index in [1.807, 2.05) is 18.2 Å². The molecular weight excluding hydrogens is 252 g/mol. The van der Waals surface area contributed by atoms with Gasteiger partial charge in [0.05, 0.1) is 20.1 Å². The zero-order valence-electron chi connectivity index (χ0n) is 12.8. The molecule has 1 aromatic rings. The molecule has 20 heavy (non-hydrogen) atoms. The number of hydrogen-bond donors (Lipinski definition) is 1. The van der Waals surface area contributed by atoms with Crippen molar-refractivity contribution in [2.45, 2.75) is 39.2 Å². The van der Waals surface area contributed by atoms with E-state index in [0.29, 0.717) is 13.0 Å². The molecule has 0 amide bonds. The Labute approximate surface area is 121 Å². The van der Waals surface area contributed by atoms with Crippen molar-refractivity contribution in [2.75, 3.05) is 13.7 Å². The zero-order valence-corrected chi connectivity index (χ0v) is 12.8. The van der Waals surface area contributed by atoms with Gasteiger partial charge >= 0.3 is 5.97 Å². The Kier molecular flexibility index (Phi) is 6.22. The Morgan fingerprint density at radius 2 is 1.90 bits per heavy atom. The smallest absolute Gasteiger partial charge is 0.307 e. The lowest BCUT2D eigenvalue weighted by Crippen LogP contribution is -2.41. The van der Waals surface area contributed by atoms with E-state index in [9.17, 15) is 4.79 Å². The fourth-order valence-corrected chi connectivity index (χ4v) is 1.75. The molecule has 0 spiro atoms. The Balaban J connectivity index is 2.69. The van der Waals surface area contributed by atoms with Crippen LogP contribution in [0.25, 0.3) is 0 Å². The molecule has 0 saturated carbocycles. The number of hydrogen-bond acceptors (Lipinski definition) is 3. The van der Waals surface area contributed by atoms with Crippen LogP contribution in [0.1, 0.15) is 32.8 Å². The van der Waals surface area contributed by atoms with Crippen molar-refractivity contribution >= 4 is 11.8 Å². The molecule has 0 heterocycles. The summed E-state index contributed by atoms with van der Waals surface area (Å²) in [5.41, 5.74) is 1.14. The van der Waals surface area contributed by atoms with Gasteiger partial charge in [-0.15, -0.1) is 0 Å². The minimum atomic E-state index is -0.233. The lowest BCUT2D eigenvalue weighted by atomic mass is 10.1. The number of amidine groups is 1. The van der Waals surface area contributed by atoms with Gasteiger partial charge in [-0.3, -0.25) is 9.79 Å². The topological polar surface area (TPSA) is 50.7 Å². The number of esters is 1. The largest absolute Gasteiger partial charge is 0.469 e. The lowest BCUT2D eigenvalue weighted by Gasteiger charge is -2.23. The van der Waals surface area contributed by atoms with Crippen LogP contribution in [0.4, 0.5) is 0 Å². The summed E-state index contributed by atoms with van der Waals surface area (Å²) in [7, 11) is 1.39. The van der Waals surface area contributed by atoms with E-state index in [4.69, 9.17) is 0 Å². The molecule has 0 saturated heterocycles. The van der Waals surface area contributed by atoms with E-state index >= 15 is 0 Å². The van der Waals surface area contributed by atoms with Crippen molar-refractivity contribution in [1.82, 2.24) is 5.32 Å². The summed E-state index contributed by atoms with van der Waals surface area (Å²) in [6.07, 6.45) is 1.04. The van der Waals surface area contributed by atoms with E-state index < -0.39 is 0 Å². The first kappa shape index (κ1) is 16.2. The SMILES string of the molecule is COC(=O)CCN=C(Cc1ccccc1)NC(C)(C)C. The molecule has 0 aliphatic carbocycles. The van der Waals surface area contributed by atoms with Gasteiger partial charge in [0.25, 0.3) is 0 Å². The van der Waals surface area contributed by atoms with Gasteiger partial charge in [0, 0.05) is 12.0 Å². The highest BCUT2D eigenvalue weighted by Gasteiger charge is 2.12. The molecule has 0 atom stereocenters. The Morgan fingerprint density at radius 1 is 1.25 bits per heavy atom. The van der Waals surface area contributed by atoms with Gasteiger partial charge in [-0.2, -0.15) is 0 Å². The van der Waals surface area contributed by atoms with E-state index in [1.54, 1.807) is 0 Å². The summed E-state index contributed by atoms with van der Waals surface area (Å²) >= 11 is 0. The number of rotatable bonds is 5. The molecule has 0 fully saturated rings. The van der Waals surface area contributed by atoms with Crippen LogP contribution < -0.4 is 5.32 Å². The first-order valence-electron chi connectivity index (χ1n) is 6.83. The summed E-state index contributed by atoms with van der Waals surface area (Å²) < 4.78 is 4.62. The minimum Gasteiger partial charge on any atom is -0.469 e. The van der Waals surface area contributed by atoms with Gasteiger partial charge in [-0.05, 0) is 26.3 Å². The third-order valence-electron chi connectivity index (χ3n) is 2.58. The molecule has 0 radical (unpaired) electrons. The maximum atomic E-state index is 11.1. The molecule has 0 bridgehead atoms. The maximum absolute atomic E-state index is 11.1. The Hall–Kier alpha value is -1.84. The molecule has 0 aliphatic heterocycles. The van der Waals surface area contributed by atoms with Crippen LogP contribution in [0.3, 0.4) is 0 Å². The fraction of sp³-hybridized carbons (Fsp3) is 0.500. The van der Waals surface area contributed by atoms with Gasteiger partial charge in [-0.1, -0.05) is 30.3 Å². The van der Waals surface area contributed by atoms with Gasteiger partial charge in [0.1, 0.15) is 5.84 Å². The van der Waals surface area contributed by atoms with Crippen LogP contribution in [-0.2, 0) is 16.0 Å². The molecule has 110 valence electrons. The van der Waals surface area contributed by atoms with Gasteiger partial charge in [0.15, 0.2) is 0 Å². The highest BCUT2D eigenvalue weighted by Crippen LogP contribution is 2.05. The number of nitrogens with zero attached hydrogens (tertiary/aromatic N) is 1. The molecule has 1 N–H and O–H groups in total. The number of ether oxygens (including phenoxy) is 1. The minimum absolute atomic E-state index is 0.0567. The summed E-state index contributed by atoms with van der Waals surface area (Å²) in [5, 5.41) is 3.39. The van der Waals surface area contributed by atoms with E-state index in [0.717, 1.165) is 12.3 Å². The zero-order chi connectivity index (χ0) is 15.0. The predicted octanol–water partition coefficient (Wildman–Crippen LogP) is 2.58. The lowest BCUT2D eigenvalue weighted by molar-refractivity contribution is -0.140. The average Bonchev–Trinajstić information content (AvgIpc) is 2.37. The monoisotopic (exact) mass is 276 g/mol. The van der Waals surface area contributed by atoms with Crippen LogP contribution >= 0.6 is 0 Å². The number of carbonyl (C=O) groups excluding carboxylic acids is 1. The maximum Gasteiger partial charge on any atom is 0.307 e. The summed E-state index contributed by atoms with van der Waals surface area (Å²) in [5.74, 6) is 0.663. The second-order valence-corrected chi connectivity index (χ2v) is 5.69. The van der Waals surface area contributed by atoms with E-state index in [1.165, 1.54) is 12.7 Å². The van der Waals surface area contributed by atoms with Crippen molar-refractivity contribution in [3.05, 3.63) is 35.9 Å². The van der Waals surface area contributed by atoms with Crippen LogP contribution in [0.5, 0.6) is 0 Å². The quantitative estimate of drug-likeness (QED) is 0.511. The fourth-order valence-electron chi connectivity index (χ4n) is 1.75. The van der Waals surface area contributed by atoms with E-state index in [-0.39, 0.29) is 11.5 Å². The predicted molar refractivity (Wildman–Crippen MR) is 82.0 cm³/mol. The number of nitrogens with one attached hydrogen (secondary N) is 1. The number of methoxy groups -OCH3 is 1. The summed E-state index contributed by atoms with van der Waals surface area (Å²) in [6, 6.07) is 10.2. The molecule has 0 unspecified atom stereocenters. The highest BCUT2D eigenvalue weighted by atomic mass is 16.5. The van der Waals surface area contributed by atoms with Crippen molar-refractivity contribution in [3.63, 3.8) is 0 Å². The molecule has 1 rings (SSSR count). The second kappa shape index (κ2) is 7.68. The van der Waals surface area contributed by atoms with Gasteiger partial charge in [0.2, 0.25) is 0 Å². The van der Waals surface area contributed by atoms with Crippen LogP contribution in [-0.4, -0.2) is 31.0 Å². The average molecular weight is 276 g/mol. The summed E-state index contributed by atoms with van der Waals surface area (Å²) in [4.78, 5) is 15.6. The molecule has 1 aromatic carbocycles. The number of aliphatic imine (C=N–C) groups is 1. The standard InChI is InChI=1S/C16H24N2O2/c1-16(2,3)18-14(17-11-10-15(19)20-4)12-13-8-6-5-7-9-13/h5-9H,10-12H2,1-4H3,(H,17,18). The molecule has 4 nitrogen and oxygen atoms in total. The van der Waals surface area contributed by atoms with Crippen molar-refractivity contribution in [1.29, 1.82) is 0 Å². The third kappa shape index (κ3) is 6.92. The van der Waals surface area contributed by atoms with Crippen molar-refractivity contribution < 1.29 is 9.53 Å².